The molecule has 32 heavy (non-hydrogen) atoms. The topological polar surface area (TPSA) is 71.3 Å². The summed E-state index contributed by atoms with van der Waals surface area (Å²) in [5.41, 5.74) is 3.70. The van der Waals surface area contributed by atoms with Crippen LogP contribution >= 0.6 is 0 Å². The molecule has 1 saturated heterocycles. The Morgan fingerprint density at radius 2 is 1.72 bits per heavy atom. The van der Waals surface area contributed by atoms with Crippen molar-refractivity contribution >= 4 is 34.1 Å². The van der Waals surface area contributed by atoms with E-state index in [9.17, 15) is 4.79 Å². The van der Waals surface area contributed by atoms with Crippen molar-refractivity contribution in [3.05, 3.63) is 60.8 Å². The maximum Gasteiger partial charge on any atom is 0.322 e. The number of anilines is 2. The monoisotopic (exact) mass is 431 g/mol. The first-order valence-electron chi connectivity index (χ1n) is 10.6. The van der Waals surface area contributed by atoms with Crippen LogP contribution in [0.5, 0.6) is 11.5 Å². The zero-order valence-electron chi connectivity index (χ0n) is 18.1. The molecular formula is C24H25N5O3. The number of aromatic nitrogens is 2. The number of ether oxygens (including phenoxy) is 2. The molecule has 0 saturated carbocycles. The fraction of sp³-hybridized carbons (Fsp3) is 0.250. The fourth-order valence-corrected chi connectivity index (χ4v) is 4.17. The molecule has 3 heterocycles. The van der Waals surface area contributed by atoms with Gasteiger partial charge in [-0.15, -0.1) is 0 Å². The number of carbonyl (C=O) groups excluding carboxylic acids is 1. The van der Waals surface area contributed by atoms with Gasteiger partial charge in [-0.2, -0.15) is 0 Å². The first-order chi connectivity index (χ1) is 15.7. The number of rotatable bonds is 4. The number of fused-ring (bicyclic) bond motifs is 3. The predicted octanol–water partition coefficient (Wildman–Crippen LogP) is 3.86. The Bertz CT molecular complexity index is 1280. The normalized spacial score (nSPS) is 14.1. The molecule has 1 fully saturated rings. The van der Waals surface area contributed by atoms with Gasteiger partial charge in [-0.3, -0.25) is 0 Å². The predicted molar refractivity (Wildman–Crippen MR) is 125 cm³/mol. The van der Waals surface area contributed by atoms with Gasteiger partial charge < -0.3 is 29.0 Å². The van der Waals surface area contributed by atoms with Crippen LogP contribution in [-0.4, -0.2) is 60.7 Å². The lowest BCUT2D eigenvalue weighted by atomic mass is 10.2. The third kappa shape index (κ3) is 3.53. The highest BCUT2D eigenvalue weighted by atomic mass is 16.5. The van der Waals surface area contributed by atoms with Crippen LogP contribution < -0.4 is 19.7 Å². The molecule has 1 aliphatic rings. The lowest BCUT2D eigenvalue weighted by Crippen LogP contribution is -2.50. The second-order valence-electron chi connectivity index (χ2n) is 7.66. The van der Waals surface area contributed by atoms with Crippen LogP contribution in [0.1, 0.15) is 0 Å². The summed E-state index contributed by atoms with van der Waals surface area (Å²) in [5, 5.41) is 2.95. The summed E-state index contributed by atoms with van der Waals surface area (Å²) in [4.78, 5) is 21.9. The van der Waals surface area contributed by atoms with Crippen molar-refractivity contribution in [1.29, 1.82) is 0 Å². The van der Waals surface area contributed by atoms with Crippen LogP contribution in [0.15, 0.2) is 60.8 Å². The number of nitrogens with zero attached hydrogens (tertiary/aromatic N) is 4. The molecule has 164 valence electrons. The van der Waals surface area contributed by atoms with Crippen molar-refractivity contribution in [2.24, 2.45) is 0 Å². The minimum absolute atomic E-state index is 0.157. The number of amides is 2. The van der Waals surface area contributed by atoms with Crippen molar-refractivity contribution in [1.82, 2.24) is 14.3 Å². The number of carbonyl (C=O) groups is 1. The summed E-state index contributed by atoms with van der Waals surface area (Å²) >= 11 is 0. The van der Waals surface area contributed by atoms with Crippen LogP contribution in [0.3, 0.4) is 0 Å². The number of nitrogens with one attached hydrogen (secondary N) is 1. The van der Waals surface area contributed by atoms with Gasteiger partial charge in [-0.25, -0.2) is 9.78 Å². The van der Waals surface area contributed by atoms with E-state index in [1.54, 1.807) is 32.4 Å². The standard InChI is InChI=1S/C24H25N5O3/c1-31-17-9-10-22(32-2)19(16-17)26-24(30)28-14-12-27(13-15-28)23-21-8-5-11-29(21)20-7-4-3-6-18(20)25-23/h3-11,16H,12-15H2,1-2H3,(H,26,30). The number of para-hydroxylation sites is 2. The van der Waals surface area contributed by atoms with Gasteiger partial charge in [0.2, 0.25) is 0 Å². The SMILES string of the molecule is COc1ccc(OC)c(NC(=O)N2CCN(c3nc4ccccc4n4cccc34)CC2)c1. The number of hydrogen-bond acceptors (Lipinski definition) is 5. The van der Waals surface area contributed by atoms with Gasteiger partial charge in [0, 0.05) is 38.4 Å². The maximum atomic E-state index is 12.9. The summed E-state index contributed by atoms with van der Waals surface area (Å²) in [6.07, 6.45) is 2.06. The fourth-order valence-electron chi connectivity index (χ4n) is 4.17. The molecule has 0 aliphatic carbocycles. The van der Waals surface area contributed by atoms with Crippen molar-refractivity contribution < 1.29 is 14.3 Å². The summed E-state index contributed by atoms with van der Waals surface area (Å²) in [7, 11) is 3.17. The average Bonchev–Trinajstić information content (AvgIpc) is 3.34. The average molecular weight is 431 g/mol. The smallest absolute Gasteiger partial charge is 0.322 e. The van der Waals surface area contributed by atoms with Crippen LogP contribution in [0, 0.1) is 0 Å². The van der Waals surface area contributed by atoms with Gasteiger partial charge in [0.15, 0.2) is 5.82 Å². The van der Waals surface area contributed by atoms with E-state index in [-0.39, 0.29) is 6.03 Å². The van der Waals surface area contributed by atoms with Gasteiger partial charge in [0.1, 0.15) is 11.5 Å². The zero-order valence-corrected chi connectivity index (χ0v) is 18.1. The van der Waals surface area contributed by atoms with Gasteiger partial charge >= 0.3 is 6.03 Å². The molecular weight excluding hydrogens is 406 g/mol. The Morgan fingerprint density at radius 1 is 0.938 bits per heavy atom. The highest BCUT2D eigenvalue weighted by Crippen LogP contribution is 2.30. The van der Waals surface area contributed by atoms with Gasteiger partial charge in [-0.05, 0) is 36.4 Å². The summed E-state index contributed by atoms with van der Waals surface area (Å²) < 4.78 is 12.8. The Kier molecular flexibility index (Phi) is 5.18. The Labute approximate surface area is 186 Å². The van der Waals surface area contributed by atoms with E-state index in [4.69, 9.17) is 14.5 Å². The summed E-state index contributed by atoms with van der Waals surface area (Å²) in [6, 6.07) is 17.4. The third-order valence-corrected chi connectivity index (χ3v) is 5.86. The highest BCUT2D eigenvalue weighted by molar-refractivity contribution is 5.91. The van der Waals surface area contributed by atoms with E-state index in [2.05, 4.69) is 32.9 Å². The van der Waals surface area contributed by atoms with E-state index in [1.807, 2.05) is 29.2 Å². The number of benzene rings is 2. The van der Waals surface area contributed by atoms with E-state index in [0.717, 1.165) is 22.4 Å². The van der Waals surface area contributed by atoms with Crippen LogP contribution in [0.25, 0.3) is 16.6 Å². The number of methoxy groups -OCH3 is 2. The molecule has 2 amide bonds. The molecule has 0 atom stereocenters. The van der Waals surface area contributed by atoms with Crippen LogP contribution in [0.4, 0.5) is 16.3 Å². The molecule has 0 bridgehead atoms. The van der Waals surface area contributed by atoms with Crippen molar-refractivity contribution in [2.75, 3.05) is 50.6 Å². The first kappa shape index (κ1) is 20.0. The molecule has 1 aliphatic heterocycles. The Hall–Kier alpha value is -3.94. The number of piperazine rings is 1. The highest BCUT2D eigenvalue weighted by Gasteiger charge is 2.24. The van der Waals surface area contributed by atoms with E-state index >= 15 is 0 Å². The molecule has 0 spiro atoms. The lowest BCUT2D eigenvalue weighted by molar-refractivity contribution is 0.208. The Morgan fingerprint density at radius 3 is 2.50 bits per heavy atom. The molecule has 1 N–H and O–H groups in total. The molecule has 5 rings (SSSR count). The lowest BCUT2D eigenvalue weighted by Gasteiger charge is -2.35. The Balaban J connectivity index is 1.32. The second-order valence-corrected chi connectivity index (χ2v) is 7.66. The molecule has 0 radical (unpaired) electrons. The maximum absolute atomic E-state index is 12.9. The van der Waals surface area contributed by atoms with Gasteiger partial charge in [0.25, 0.3) is 0 Å². The largest absolute Gasteiger partial charge is 0.497 e. The molecule has 4 aromatic rings. The van der Waals surface area contributed by atoms with Crippen molar-refractivity contribution in [2.45, 2.75) is 0 Å². The first-order valence-corrected chi connectivity index (χ1v) is 10.6. The summed E-state index contributed by atoms with van der Waals surface area (Å²) in [5.74, 6) is 2.20. The van der Waals surface area contributed by atoms with E-state index in [0.29, 0.717) is 43.4 Å². The molecule has 8 heteroatoms. The number of urea groups is 1. The molecule has 0 unspecified atom stereocenters. The van der Waals surface area contributed by atoms with E-state index in [1.165, 1.54) is 0 Å². The second kappa shape index (κ2) is 8.30. The molecule has 2 aromatic carbocycles. The van der Waals surface area contributed by atoms with Crippen molar-refractivity contribution in [3.8, 4) is 11.5 Å². The third-order valence-electron chi connectivity index (χ3n) is 5.86. The minimum Gasteiger partial charge on any atom is -0.497 e. The van der Waals surface area contributed by atoms with Gasteiger partial charge in [-0.1, -0.05) is 12.1 Å². The summed E-state index contributed by atoms with van der Waals surface area (Å²) in [6.45, 7) is 2.60. The number of hydrogen-bond donors (Lipinski definition) is 1. The van der Waals surface area contributed by atoms with Crippen LogP contribution in [-0.2, 0) is 0 Å². The zero-order chi connectivity index (χ0) is 22.1. The quantitative estimate of drug-likeness (QED) is 0.531. The van der Waals surface area contributed by atoms with Crippen molar-refractivity contribution in [3.63, 3.8) is 0 Å². The molecule has 8 nitrogen and oxygen atoms in total. The van der Waals surface area contributed by atoms with Gasteiger partial charge in [0.05, 0.1) is 36.5 Å². The van der Waals surface area contributed by atoms with Crippen LogP contribution in [0.2, 0.25) is 0 Å². The molecule has 2 aromatic heterocycles. The van der Waals surface area contributed by atoms with E-state index < -0.39 is 0 Å². The minimum atomic E-state index is -0.157.